The van der Waals surface area contributed by atoms with Crippen molar-refractivity contribution in [3.05, 3.63) is 0 Å². The summed E-state index contributed by atoms with van der Waals surface area (Å²) in [6, 6.07) is 0. The van der Waals surface area contributed by atoms with Crippen molar-refractivity contribution >= 4 is 11.8 Å². The number of rotatable bonds is 4. The first-order chi connectivity index (χ1) is 6.29. The Hall–Kier alpha value is -0.900. The van der Waals surface area contributed by atoms with Gasteiger partial charge in [0.2, 0.25) is 0 Å². The Labute approximate surface area is 84.3 Å². The van der Waals surface area contributed by atoms with E-state index in [1.807, 2.05) is 0 Å². The SMILES string of the molecule is CCOC(=O)C(O)CC(=O)C(C)(C)C. The second-order valence-corrected chi connectivity index (χ2v) is 4.15. The number of carbonyl (C=O) groups is 2. The van der Waals surface area contributed by atoms with Crippen LogP contribution >= 0.6 is 0 Å². The van der Waals surface area contributed by atoms with Gasteiger partial charge in [-0.25, -0.2) is 4.79 Å². The summed E-state index contributed by atoms with van der Waals surface area (Å²) in [4.78, 5) is 22.4. The molecular formula is C10H18O4. The molecule has 0 spiro atoms. The molecule has 4 nitrogen and oxygen atoms in total. The maximum Gasteiger partial charge on any atom is 0.335 e. The van der Waals surface area contributed by atoms with E-state index in [0.29, 0.717) is 0 Å². The lowest BCUT2D eigenvalue weighted by atomic mass is 9.87. The van der Waals surface area contributed by atoms with Crippen LogP contribution in [-0.4, -0.2) is 29.6 Å². The number of ether oxygens (including phenoxy) is 1. The van der Waals surface area contributed by atoms with E-state index in [0.717, 1.165) is 0 Å². The fourth-order valence-electron chi connectivity index (χ4n) is 0.804. The van der Waals surface area contributed by atoms with Gasteiger partial charge in [-0.3, -0.25) is 4.79 Å². The third-order valence-corrected chi connectivity index (χ3v) is 1.77. The van der Waals surface area contributed by atoms with Crippen LogP contribution in [0.4, 0.5) is 0 Å². The van der Waals surface area contributed by atoms with E-state index in [1.54, 1.807) is 27.7 Å². The molecule has 1 N–H and O–H groups in total. The van der Waals surface area contributed by atoms with Crippen molar-refractivity contribution in [2.24, 2.45) is 5.41 Å². The number of ketones is 1. The standard InChI is InChI=1S/C10H18O4/c1-5-14-9(13)7(11)6-8(12)10(2,3)4/h7,11H,5-6H2,1-4H3. The van der Waals surface area contributed by atoms with E-state index in [4.69, 9.17) is 0 Å². The third kappa shape index (κ3) is 4.37. The van der Waals surface area contributed by atoms with Crippen molar-refractivity contribution in [1.29, 1.82) is 0 Å². The number of hydrogen-bond acceptors (Lipinski definition) is 4. The number of aliphatic hydroxyl groups excluding tert-OH is 1. The normalized spacial score (nSPS) is 13.5. The molecule has 0 fully saturated rings. The predicted molar refractivity (Wildman–Crippen MR) is 51.7 cm³/mol. The van der Waals surface area contributed by atoms with Crippen LogP contribution < -0.4 is 0 Å². The van der Waals surface area contributed by atoms with Gasteiger partial charge in [-0.1, -0.05) is 20.8 Å². The summed E-state index contributed by atoms with van der Waals surface area (Å²) in [6.45, 7) is 7.09. The molecule has 0 radical (unpaired) electrons. The Morgan fingerprint density at radius 1 is 1.36 bits per heavy atom. The van der Waals surface area contributed by atoms with E-state index >= 15 is 0 Å². The van der Waals surface area contributed by atoms with Crippen LogP contribution in [-0.2, 0) is 14.3 Å². The zero-order valence-electron chi connectivity index (χ0n) is 9.16. The van der Waals surface area contributed by atoms with Crippen LogP contribution in [0.1, 0.15) is 34.1 Å². The molecular weight excluding hydrogens is 184 g/mol. The molecule has 0 heterocycles. The van der Waals surface area contributed by atoms with Gasteiger partial charge in [0.25, 0.3) is 0 Å². The number of carbonyl (C=O) groups excluding carboxylic acids is 2. The van der Waals surface area contributed by atoms with Crippen molar-refractivity contribution in [3.63, 3.8) is 0 Å². The zero-order valence-corrected chi connectivity index (χ0v) is 9.16. The molecule has 0 bridgehead atoms. The topological polar surface area (TPSA) is 63.6 Å². The van der Waals surface area contributed by atoms with Crippen molar-refractivity contribution in [3.8, 4) is 0 Å². The molecule has 0 aliphatic rings. The number of aliphatic hydroxyl groups is 1. The van der Waals surface area contributed by atoms with Gasteiger partial charge in [0.15, 0.2) is 6.10 Å². The maximum atomic E-state index is 11.4. The van der Waals surface area contributed by atoms with Gasteiger partial charge in [0.05, 0.1) is 6.61 Å². The number of hydrogen-bond donors (Lipinski definition) is 1. The first-order valence-corrected chi connectivity index (χ1v) is 4.67. The molecule has 0 aromatic carbocycles. The predicted octanol–water partition coefficient (Wildman–Crippen LogP) is 0.916. The van der Waals surface area contributed by atoms with Gasteiger partial charge in [0.1, 0.15) is 5.78 Å². The minimum atomic E-state index is -1.33. The highest BCUT2D eigenvalue weighted by atomic mass is 16.5. The first-order valence-electron chi connectivity index (χ1n) is 4.67. The Morgan fingerprint density at radius 3 is 2.21 bits per heavy atom. The lowest BCUT2D eigenvalue weighted by molar-refractivity contribution is -0.155. The molecule has 0 saturated heterocycles. The van der Waals surface area contributed by atoms with Crippen LogP contribution in [0.2, 0.25) is 0 Å². The molecule has 0 aliphatic heterocycles. The fourth-order valence-corrected chi connectivity index (χ4v) is 0.804. The highest BCUT2D eigenvalue weighted by Gasteiger charge is 2.27. The van der Waals surface area contributed by atoms with Crippen molar-refractivity contribution in [2.75, 3.05) is 6.61 Å². The van der Waals surface area contributed by atoms with Gasteiger partial charge < -0.3 is 9.84 Å². The average Bonchev–Trinajstić information content (AvgIpc) is 2.02. The molecule has 14 heavy (non-hydrogen) atoms. The Morgan fingerprint density at radius 2 is 1.86 bits per heavy atom. The molecule has 0 rings (SSSR count). The van der Waals surface area contributed by atoms with Crippen LogP contribution in [0, 0.1) is 5.41 Å². The largest absolute Gasteiger partial charge is 0.464 e. The maximum absolute atomic E-state index is 11.4. The van der Waals surface area contributed by atoms with Gasteiger partial charge in [-0.2, -0.15) is 0 Å². The quantitative estimate of drug-likeness (QED) is 0.688. The second-order valence-electron chi connectivity index (χ2n) is 4.15. The van der Waals surface area contributed by atoms with E-state index < -0.39 is 17.5 Å². The summed E-state index contributed by atoms with van der Waals surface area (Å²) < 4.78 is 4.58. The van der Waals surface area contributed by atoms with Crippen molar-refractivity contribution in [2.45, 2.75) is 40.2 Å². The Kier molecular flexibility index (Phi) is 4.77. The molecule has 0 saturated carbocycles. The highest BCUT2D eigenvalue weighted by molar-refractivity contribution is 5.88. The third-order valence-electron chi connectivity index (χ3n) is 1.77. The summed E-state index contributed by atoms with van der Waals surface area (Å²) >= 11 is 0. The summed E-state index contributed by atoms with van der Waals surface area (Å²) in [5.41, 5.74) is -0.534. The molecule has 1 unspecified atom stereocenters. The number of esters is 1. The Balaban J connectivity index is 4.13. The molecule has 1 atom stereocenters. The zero-order chi connectivity index (χ0) is 11.4. The average molecular weight is 202 g/mol. The monoisotopic (exact) mass is 202 g/mol. The molecule has 82 valence electrons. The van der Waals surface area contributed by atoms with Gasteiger partial charge in [0, 0.05) is 11.8 Å². The lowest BCUT2D eigenvalue weighted by Gasteiger charge is -2.18. The van der Waals surface area contributed by atoms with E-state index in [1.165, 1.54) is 0 Å². The summed E-state index contributed by atoms with van der Waals surface area (Å²) in [6.07, 6.45) is -1.51. The fraction of sp³-hybridized carbons (Fsp3) is 0.800. The molecule has 0 aromatic rings. The van der Waals surface area contributed by atoms with Crippen molar-refractivity contribution < 1.29 is 19.4 Å². The van der Waals surface area contributed by atoms with E-state index in [9.17, 15) is 14.7 Å². The minimum absolute atomic E-state index is 0.155. The smallest absolute Gasteiger partial charge is 0.335 e. The van der Waals surface area contributed by atoms with E-state index in [-0.39, 0.29) is 18.8 Å². The van der Waals surface area contributed by atoms with Crippen LogP contribution in [0.15, 0.2) is 0 Å². The van der Waals surface area contributed by atoms with E-state index in [2.05, 4.69) is 4.74 Å². The van der Waals surface area contributed by atoms with Gasteiger partial charge >= 0.3 is 5.97 Å². The summed E-state index contributed by atoms with van der Waals surface area (Å²) in [7, 11) is 0. The highest BCUT2D eigenvalue weighted by Crippen LogP contribution is 2.17. The van der Waals surface area contributed by atoms with Crippen LogP contribution in [0.5, 0.6) is 0 Å². The summed E-state index contributed by atoms with van der Waals surface area (Å²) in [5, 5.41) is 9.29. The molecule has 0 amide bonds. The van der Waals surface area contributed by atoms with Crippen LogP contribution in [0.25, 0.3) is 0 Å². The molecule has 0 aromatic heterocycles. The minimum Gasteiger partial charge on any atom is -0.464 e. The Bertz CT molecular complexity index is 215. The lowest BCUT2D eigenvalue weighted by Crippen LogP contribution is -2.31. The molecule has 4 heteroatoms. The molecule has 0 aliphatic carbocycles. The summed E-state index contributed by atoms with van der Waals surface area (Å²) in [5.74, 6) is -0.886. The number of Topliss-reactive ketones (excluding diaryl/α,β-unsaturated/α-hetero) is 1. The van der Waals surface area contributed by atoms with Crippen LogP contribution in [0.3, 0.4) is 0 Å². The van der Waals surface area contributed by atoms with Gasteiger partial charge in [-0.15, -0.1) is 0 Å². The second kappa shape index (κ2) is 5.10. The first kappa shape index (κ1) is 13.1. The van der Waals surface area contributed by atoms with Crippen molar-refractivity contribution in [1.82, 2.24) is 0 Å². The van der Waals surface area contributed by atoms with Gasteiger partial charge in [-0.05, 0) is 6.92 Å².